The highest BCUT2D eigenvalue weighted by molar-refractivity contribution is 5.94. The van der Waals surface area contributed by atoms with E-state index in [1.165, 1.54) is 12.1 Å². The Morgan fingerprint density at radius 1 is 1.22 bits per heavy atom. The molecular weight excluding hydrogens is 369 g/mol. The number of nitrogens with two attached hydrogens (primary N) is 1. The number of rotatable bonds is 3. The molecule has 1 fully saturated rings. The molecule has 1 atom stereocenters. The Bertz CT molecular complexity index is 966. The number of likely N-dealkylation sites (tertiary alicyclic amines) is 1. The molecule has 1 aromatic heterocycles. The van der Waals surface area contributed by atoms with E-state index in [9.17, 15) is 9.18 Å². The summed E-state index contributed by atoms with van der Waals surface area (Å²) in [5.74, 6) is 0.162. The molecule has 0 aliphatic carbocycles. The Balaban J connectivity index is 0.00000210. The van der Waals surface area contributed by atoms with Crippen molar-refractivity contribution >= 4 is 40.9 Å². The van der Waals surface area contributed by atoms with Crippen LogP contribution in [0.25, 0.3) is 10.9 Å². The van der Waals surface area contributed by atoms with Crippen LogP contribution in [0.1, 0.15) is 16.8 Å². The number of anilines is 2. The monoisotopic (exact) mass is 387 g/mol. The van der Waals surface area contributed by atoms with Gasteiger partial charge in [-0.2, -0.15) is 0 Å². The fourth-order valence-corrected chi connectivity index (χ4v) is 3.13. The SMILES string of the molecule is Cl.Nc1ccc(C(=O)N2CC[C@H](Nc3ncc4cc(F)ccc4n3)C2)cc1. The van der Waals surface area contributed by atoms with Crippen LogP contribution in [-0.4, -0.2) is 39.9 Å². The van der Waals surface area contributed by atoms with Gasteiger partial charge in [0.15, 0.2) is 0 Å². The van der Waals surface area contributed by atoms with Crippen LogP contribution in [0.15, 0.2) is 48.7 Å². The van der Waals surface area contributed by atoms with Crippen molar-refractivity contribution < 1.29 is 9.18 Å². The molecular formula is C19H19ClFN5O. The van der Waals surface area contributed by atoms with E-state index in [0.717, 1.165) is 6.42 Å². The molecule has 0 radical (unpaired) electrons. The maximum Gasteiger partial charge on any atom is 0.253 e. The number of carbonyl (C=O) groups is 1. The molecule has 0 bridgehead atoms. The molecule has 4 rings (SSSR count). The number of hydrogen-bond donors (Lipinski definition) is 2. The van der Waals surface area contributed by atoms with Crippen LogP contribution in [0.4, 0.5) is 16.0 Å². The highest BCUT2D eigenvalue weighted by Crippen LogP contribution is 2.19. The summed E-state index contributed by atoms with van der Waals surface area (Å²) in [6.45, 7) is 1.24. The van der Waals surface area contributed by atoms with Crippen LogP contribution in [0.3, 0.4) is 0 Å². The molecule has 27 heavy (non-hydrogen) atoms. The van der Waals surface area contributed by atoms with E-state index in [-0.39, 0.29) is 30.2 Å². The second-order valence-electron chi connectivity index (χ2n) is 6.40. The van der Waals surface area contributed by atoms with Gasteiger partial charge in [-0.05, 0) is 48.9 Å². The van der Waals surface area contributed by atoms with Gasteiger partial charge >= 0.3 is 0 Å². The molecule has 1 saturated heterocycles. The fraction of sp³-hybridized carbons (Fsp3) is 0.211. The van der Waals surface area contributed by atoms with Crippen molar-refractivity contribution in [2.24, 2.45) is 0 Å². The summed E-state index contributed by atoms with van der Waals surface area (Å²) < 4.78 is 13.2. The highest BCUT2D eigenvalue weighted by atomic mass is 35.5. The predicted molar refractivity (Wildman–Crippen MR) is 106 cm³/mol. The van der Waals surface area contributed by atoms with E-state index < -0.39 is 0 Å². The lowest BCUT2D eigenvalue weighted by molar-refractivity contribution is 0.0791. The van der Waals surface area contributed by atoms with E-state index >= 15 is 0 Å². The first kappa shape index (κ1) is 18.8. The van der Waals surface area contributed by atoms with E-state index in [1.807, 2.05) is 0 Å². The van der Waals surface area contributed by atoms with Gasteiger partial charge in [-0.3, -0.25) is 4.79 Å². The molecule has 2 heterocycles. The number of fused-ring (bicyclic) bond motifs is 1. The van der Waals surface area contributed by atoms with Crippen LogP contribution in [0, 0.1) is 5.82 Å². The van der Waals surface area contributed by atoms with Crippen molar-refractivity contribution in [1.82, 2.24) is 14.9 Å². The molecule has 1 amide bonds. The minimum absolute atomic E-state index is 0. The summed E-state index contributed by atoms with van der Waals surface area (Å²) in [5, 5.41) is 3.92. The molecule has 1 aliphatic heterocycles. The lowest BCUT2D eigenvalue weighted by atomic mass is 10.2. The van der Waals surface area contributed by atoms with Crippen molar-refractivity contribution in [3.05, 3.63) is 60.0 Å². The summed E-state index contributed by atoms with van der Waals surface area (Å²) in [5.41, 5.74) is 7.61. The summed E-state index contributed by atoms with van der Waals surface area (Å²) in [7, 11) is 0. The van der Waals surface area contributed by atoms with Crippen molar-refractivity contribution in [3.63, 3.8) is 0 Å². The molecule has 8 heteroatoms. The zero-order chi connectivity index (χ0) is 18.1. The van der Waals surface area contributed by atoms with E-state index in [1.54, 1.807) is 41.4 Å². The fourth-order valence-electron chi connectivity index (χ4n) is 3.13. The second-order valence-corrected chi connectivity index (χ2v) is 6.40. The lowest BCUT2D eigenvalue weighted by Crippen LogP contribution is -2.31. The summed E-state index contributed by atoms with van der Waals surface area (Å²) in [6, 6.07) is 11.4. The third kappa shape index (κ3) is 4.09. The van der Waals surface area contributed by atoms with Crippen LogP contribution in [0.2, 0.25) is 0 Å². The Morgan fingerprint density at radius 2 is 2.00 bits per heavy atom. The standard InChI is InChI=1S/C19H18FN5O.ClH/c20-14-3-6-17-13(9-14)10-22-19(24-17)23-16-7-8-25(11-16)18(26)12-1-4-15(21)5-2-12;/h1-6,9-10,16H,7-8,11,21H2,(H,22,23,24);1H/t16-;/m0./s1. The Morgan fingerprint density at radius 3 is 2.78 bits per heavy atom. The Hall–Kier alpha value is -2.93. The number of amides is 1. The number of carbonyl (C=O) groups excluding carboxylic acids is 1. The van der Waals surface area contributed by atoms with E-state index in [4.69, 9.17) is 5.73 Å². The highest BCUT2D eigenvalue weighted by Gasteiger charge is 2.27. The normalized spacial score (nSPS) is 16.2. The van der Waals surface area contributed by atoms with Crippen LogP contribution in [-0.2, 0) is 0 Å². The number of nitrogens with one attached hydrogen (secondary N) is 1. The predicted octanol–water partition coefficient (Wildman–Crippen LogP) is 3.10. The number of hydrogen-bond acceptors (Lipinski definition) is 5. The zero-order valence-corrected chi connectivity index (χ0v) is 15.2. The van der Waals surface area contributed by atoms with Gasteiger partial charge in [0, 0.05) is 42.0 Å². The van der Waals surface area contributed by atoms with Gasteiger partial charge in [0.25, 0.3) is 5.91 Å². The van der Waals surface area contributed by atoms with E-state index in [0.29, 0.717) is 41.2 Å². The first-order chi connectivity index (χ1) is 12.6. The molecule has 3 aromatic rings. The summed E-state index contributed by atoms with van der Waals surface area (Å²) in [6.07, 6.45) is 2.41. The second kappa shape index (κ2) is 7.75. The minimum Gasteiger partial charge on any atom is -0.399 e. The average molecular weight is 388 g/mol. The van der Waals surface area contributed by atoms with Crippen LogP contribution < -0.4 is 11.1 Å². The summed E-state index contributed by atoms with van der Waals surface area (Å²) >= 11 is 0. The summed E-state index contributed by atoms with van der Waals surface area (Å²) in [4.78, 5) is 23.0. The first-order valence-corrected chi connectivity index (χ1v) is 8.42. The van der Waals surface area contributed by atoms with E-state index in [2.05, 4.69) is 15.3 Å². The first-order valence-electron chi connectivity index (χ1n) is 8.42. The molecule has 0 saturated carbocycles. The van der Waals surface area contributed by atoms with Gasteiger partial charge in [-0.1, -0.05) is 0 Å². The van der Waals surface area contributed by atoms with Gasteiger partial charge in [-0.25, -0.2) is 14.4 Å². The van der Waals surface area contributed by atoms with Crippen molar-refractivity contribution in [2.75, 3.05) is 24.1 Å². The quantitative estimate of drug-likeness (QED) is 0.674. The average Bonchev–Trinajstić information content (AvgIpc) is 3.10. The molecule has 0 unspecified atom stereocenters. The van der Waals surface area contributed by atoms with Crippen molar-refractivity contribution in [3.8, 4) is 0 Å². The van der Waals surface area contributed by atoms with Crippen LogP contribution in [0.5, 0.6) is 0 Å². The third-order valence-corrected chi connectivity index (χ3v) is 4.51. The van der Waals surface area contributed by atoms with Gasteiger partial charge in [0.1, 0.15) is 5.82 Å². The molecule has 1 aliphatic rings. The molecule has 0 spiro atoms. The number of nitrogens with zero attached hydrogens (tertiary/aromatic N) is 3. The number of halogens is 2. The molecule has 3 N–H and O–H groups in total. The lowest BCUT2D eigenvalue weighted by Gasteiger charge is -2.17. The Labute approximate surface area is 162 Å². The smallest absolute Gasteiger partial charge is 0.253 e. The van der Waals surface area contributed by atoms with Crippen molar-refractivity contribution in [1.29, 1.82) is 0 Å². The number of benzene rings is 2. The third-order valence-electron chi connectivity index (χ3n) is 4.51. The number of aromatic nitrogens is 2. The van der Waals surface area contributed by atoms with Gasteiger partial charge in [0.2, 0.25) is 5.95 Å². The van der Waals surface area contributed by atoms with Gasteiger partial charge < -0.3 is 16.0 Å². The maximum atomic E-state index is 13.2. The Kier molecular flexibility index (Phi) is 5.41. The van der Waals surface area contributed by atoms with Crippen LogP contribution >= 0.6 is 12.4 Å². The largest absolute Gasteiger partial charge is 0.399 e. The minimum atomic E-state index is -0.311. The van der Waals surface area contributed by atoms with Gasteiger partial charge in [-0.15, -0.1) is 12.4 Å². The maximum absolute atomic E-state index is 13.2. The topological polar surface area (TPSA) is 84.1 Å². The van der Waals surface area contributed by atoms with Gasteiger partial charge in [0.05, 0.1) is 5.52 Å². The molecule has 6 nitrogen and oxygen atoms in total. The molecule has 2 aromatic carbocycles. The zero-order valence-electron chi connectivity index (χ0n) is 14.4. The van der Waals surface area contributed by atoms with Crippen molar-refractivity contribution in [2.45, 2.75) is 12.5 Å². The number of nitrogen functional groups attached to an aromatic ring is 1. The molecule has 140 valence electrons.